The Kier molecular flexibility index (Phi) is 2.65. The summed E-state index contributed by atoms with van der Waals surface area (Å²) in [5, 5.41) is 0. The van der Waals surface area contributed by atoms with E-state index in [1.54, 1.807) is 0 Å². The second-order valence-electron chi connectivity index (χ2n) is 5.81. The third-order valence-electron chi connectivity index (χ3n) is 3.85. The van der Waals surface area contributed by atoms with E-state index >= 15 is 0 Å². The van der Waals surface area contributed by atoms with Gasteiger partial charge in [0.05, 0.1) is 0 Å². The first-order chi connectivity index (χ1) is 7.40. The van der Waals surface area contributed by atoms with Crippen LogP contribution in [-0.2, 0) is 11.2 Å². The number of carbonyl (C=O) groups is 1. The Labute approximate surface area is 97.9 Å². The molecule has 2 rings (SSSR count). The number of ketones is 1. The highest BCUT2D eigenvalue weighted by molar-refractivity contribution is 5.86. The predicted molar refractivity (Wildman–Crippen MR) is 66.5 cm³/mol. The molecule has 1 aromatic rings. The van der Waals surface area contributed by atoms with Crippen molar-refractivity contribution >= 4 is 5.78 Å². The molecule has 1 nitrogen and oxygen atoms in total. The van der Waals surface area contributed by atoms with Crippen molar-refractivity contribution in [3.63, 3.8) is 0 Å². The molecule has 0 heterocycles. The van der Waals surface area contributed by atoms with Crippen LogP contribution in [0.2, 0.25) is 0 Å². The third-order valence-corrected chi connectivity index (χ3v) is 3.85. The van der Waals surface area contributed by atoms with Gasteiger partial charge in [-0.3, -0.25) is 4.79 Å². The van der Waals surface area contributed by atoms with E-state index in [1.165, 1.54) is 11.1 Å². The maximum Gasteiger partial charge on any atom is 0.140 e. The number of Topliss-reactive ketones (excluding diaryl/α,β-unsaturated/α-hetero) is 1. The molecular formula is C15H20O. The summed E-state index contributed by atoms with van der Waals surface area (Å²) in [5.74, 6) is 0.711. The summed E-state index contributed by atoms with van der Waals surface area (Å²) in [4.78, 5) is 12.0. The highest BCUT2D eigenvalue weighted by Crippen LogP contribution is 2.52. The molecule has 1 atom stereocenters. The molecule has 0 aliphatic heterocycles. The van der Waals surface area contributed by atoms with Gasteiger partial charge in [-0.2, -0.15) is 0 Å². The molecule has 1 unspecified atom stereocenters. The minimum Gasteiger partial charge on any atom is -0.299 e. The van der Waals surface area contributed by atoms with E-state index in [9.17, 15) is 4.79 Å². The standard InChI is InChI=1S/C15H20O/c1-10-5-6-12(7-11(10)2)8-14(16)13-9-15(13,3)4/h5-7,13H,8-9H2,1-4H3. The lowest BCUT2D eigenvalue weighted by Gasteiger charge is -2.06. The highest BCUT2D eigenvalue weighted by Gasteiger charge is 2.49. The molecule has 16 heavy (non-hydrogen) atoms. The predicted octanol–water partition coefficient (Wildman–Crippen LogP) is 3.46. The van der Waals surface area contributed by atoms with Gasteiger partial charge >= 0.3 is 0 Å². The summed E-state index contributed by atoms with van der Waals surface area (Å²) in [5.41, 5.74) is 4.00. The van der Waals surface area contributed by atoms with Crippen LogP contribution in [0, 0.1) is 25.2 Å². The maximum atomic E-state index is 12.0. The van der Waals surface area contributed by atoms with Gasteiger partial charge in [0.1, 0.15) is 5.78 Å². The summed E-state index contributed by atoms with van der Waals surface area (Å²) >= 11 is 0. The molecule has 1 aliphatic carbocycles. The van der Waals surface area contributed by atoms with Crippen LogP contribution in [-0.4, -0.2) is 5.78 Å². The average Bonchev–Trinajstić information content (AvgIpc) is 2.82. The largest absolute Gasteiger partial charge is 0.299 e. The van der Waals surface area contributed by atoms with Crippen LogP contribution in [0.5, 0.6) is 0 Å². The van der Waals surface area contributed by atoms with Gasteiger partial charge in [-0.05, 0) is 42.4 Å². The summed E-state index contributed by atoms with van der Waals surface area (Å²) in [6, 6.07) is 6.33. The van der Waals surface area contributed by atoms with Crippen molar-refractivity contribution in [3.05, 3.63) is 34.9 Å². The van der Waals surface area contributed by atoms with Gasteiger partial charge in [0, 0.05) is 12.3 Å². The molecule has 0 amide bonds. The average molecular weight is 216 g/mol. The molecule has 0 bridgehead atoms. The Hall–Kier alpha value is -1.11. The second kappa shape index (κ2) is 3.73. The van der Waals surface area contributed by atoms with E-state index in [2.05, 4.69) is 45.9 Å². The number of rotatable bonds is 3. The Morgan fingerprint density at radius 3 is 2.44 bits per heavy atom. The normalized spacial score (nSPS) is 21.9. The van der Waals surface area contributed by atoms with Gasteiger partial charge in [0.15, 0.2) is 0 Å². The van der Waals surface area contributed by atoms with Crippen molar-refractivity contribution in [1.82, 2.24) is 0 Å². The van der Waals surface area contributed by atoms with Crippen LogP contribution >= 0.6 is 0 Å². The monoisotopic (exact) mass is 216 g/mol. The van der Waals surface area contributed by atoms with Crippen LogP contribution in [0.3, 0.4) is 0 Å². The van der Waals surface area contributed by atoms with Gasteiger partial charge in [-0.25, -0.2) is 0 Å². The fraction of sp³-hybridized carbons (Fsp3) is 0.533. The Morgan fingerprint density at radius 2 is 1.94 bits per heavy atom. The molecule has 0 radical (unpaired) electrons. The molecule has 0 spiro atoms. The summed E-state index contributed by atoms with van der Waals surface area (Å²) in [6.07, 6.45) is 1.67. The quantitative estimate of drug-likeness (QED) is 0.756. The number of aryl methyl sites for hydroxylation is 2. The lowest BCUT2D eigenvalue weighted by atomic mass is 9.99. The number of benzene rings is 1. The molecule has 0 aromatic heterocycles. The van der Waals surface area contributed by atoms with Crippen LogP contribution in [0.15, 0.2) is 18.2 Å². The van der Waals surface area contributed by atoms with Crippen molar-refractivity contribution in [2.24, 2.45) is 11.3 Å². The number of hydrogen-bond acceptors (Lipinski definition) is 1. The minimum atomic E-state index is 0.261. The van der Waals surface area contributed by atoms with Gasteiger partial charge in [0.2, 0.25) is 0 Å². The van der Waals surface area contributed by atoms with Gasteiger partial charge < -0.3 is 0 Å². The minimum absolute atomic E-state index is 0.261. The summed E-state index contributed by atoms with van der Waals surface area (Å²) < 4.78 is 0. The van der Waals surface area contributed by atoms with Crippen molar-refractivity contribution in [3.8, 4) is 0 Å². The molecule has 1 aromatic carbocycles. The molecule has 86 valence electrons. The van der Waals surface area contributed by atoms with Crippen molar-refractivity contribution in [2.45, 2.75) is 40.5 Å². The topological polar surface area (TPSA) is 17.1 Å². The number of carbonyl (C=O) groups excluding carboxylic acids is 1. The Morgan fingerprint density at radius 1 is 1.31 bits per heavy atom. The van der Waals surface area contributed by atoms with E-state index in [-0.39, 0.29) is 5.41 Å². The first-order valence-electron chi connectivity index (χ1n) is 5.99. The fourth-order valence-corrected chi connectivity index (χ4v) is 2.25. The van der Waals surface area contributed by atoms with Crippen LogP contribution in [0.1, 0.15) is 37.0 Å². The molecule has 1 saturated carbocycles. The Bertz CT molecular complexity index is 429. The third kappa shape index (κ3) is 2.18. The van der Waals surface area contributed by atoms with Crippen LogP contribution in [0.4, 0.5) is 0 Å². The van der Waals surface area contributed by atoms with Crippen molar-refractivity contribution in [2.75, 3.05) is 0 Å². The smallest absolute Gasteiger partial charge is 0.140 e. The molecule has 1 fully saturated rings. The zero-order valence-electron chi connectivity index (χ0n) is 10.6. The Balaban J connectivity index is 2.05. The summed E-state index contributed by atoms with van der Waals surface area (Å²) in [6.45, 7) is 8.56. The second-order valence-corrected chi connectivity index (χ2v) is 5.81. The molecule has 1 aliphatic rings. The van der Waals surface area contributed by atoms with Crippen molar-refractivity contribution < 1.29 is 4.79 Å². The van der Waals surface area contributed by atoms with Gasteiger partial charge in [-0.15, -0.1) is 0 Å². The van der Waals surface area contributed by atoms with E-state index in [0.29, 0.717) is 18.1 Å². The SMILES string of the molecule is Cc1ccc(CC(=O)C2CC2(C)C)cc1C. The van der Waals surface area contributed by atoms with Crippen LogP contribution < -0.4 is 0 Å². The highest BCUT2D eigenvalue weighted by atomic mass is 16.1. The van der Waals surface area contributed by atoms with Gasteiger partial charge in [-0.1, -0.05) is 32.0 Å². The van der Waals surface area contributed by atoms with E-state index in [1.807, 2.05) is 0 Å². The zero-order chi connectivity index (χ0) is 11.9. The molecule has 0 N–H and O–H groups in total. The van der Waals surface area contributed by atoms with Crippen LogP contribution in [0.25, 0.3) is 0 Å². The van der Waals surface area contributed by atoms with E-state index in [4.69, 9.17) is 0 Å². The summed E-state index contributed by atoms with van der Waals surface area (Å²) in [7, 11) is 0. The lowest BCUT2D eigenvalue weighted by molar-refractivity contribution is -0.120. The lowest BCUT2D eigenvalue weighted by Crippen LogP contribution is -2.09. The molecule has 1 heteroatoms. The fourth-order valence-electron chi connectivity index (χ4n) is 2.25. The maximum absolute atomic E-state index is 12.0. The van der Waals surface area contributed by atoms with Gasteiger partial charge in [0.25, 0.3) is 0 Å². The first kappa shape index (κ1) is 11.4. The zero-order valence-corrected chi connectivity index (χ0v) is 10.6. The number of hydrogen-bond donors (Lipinski definition) is 0. The first-order valence-corrected chi connectivity index (χ1v) is 5.99. The van der Waals surface area contributed by atoms with E-state index < -0.39 is 0 Å². The van der Waals surface area contributed by atoms with E-state index in [0.717, 1.165) is 12.0 Å². The molecular weight excluding hydrogens is 196 g/mol. The molecule has 0 saturated heterocycles. The van der Waals surface area contributed by atoms with Crippen molar-refractivity contribution in [1.29, 1.82) is 0 Å².